The third-order valence-corrected chi connectivity index (χ3v) is 0.924. The van der Waals surface area contributed by atoms with E-state index in [9.17, 15) is 0 Å². The minimum absolute atomic E-state index is 0.196. The van der Waals surface area contributed by atoms with E-state index >= 15 is 0 Å². The Labute approximate surface area is 57.7 Å². The van der Waals surface area contributed by atoms with Crippen molar-refractivity contribution < 1.29 is 9.84 Å². The Kier molecular flexibility index (Phi) is 2.11. The topological polar surface area (TPSA) is 68.1 Å². The van der Waals surface area contributed by atoms with Gasteiger partial charge in [-0.3, -0.25) is 0 Å². The van der Waals surface area contributed by atoms with Crippen LogP contribution in [0.2, 0.25) is 0 Å². The second-order valence-electron chi connectivity index (χ2n) is 1.55. The van der Waals surface area contributed by atoms with Gasteiger partial charge in [-0.1, -0.05) is 0 Å². The molecule has 0 bridgehead atoms. The lowest BCUT2D eigenvalue weighted by Gasteiger charge is -1.96. The predicted molar refractivity (Wildman–Crippen MR) is 32.3 cm³/mol. The first-order chi connectivity index (χ1) is 4.86. The van der Waals surface area contributed by atoms with Gasteiger partial charge >= 0.3 is 6.01 Å². The maximum atomic E-state index is 8.55. The largest absolute Gasteiger partial charge is 0.467 e. The molecule has 10 heavy (non-hydrogen) atoms. The number of rotatable bonds is 2. The number of aromatic nitrogens is 3. The molecule has 1 heterocycles. The summed E-state index contributed by atoms with van der Waals surface area (Å²) in [5.74, 6) is 0.312. The van der Waals surface area contributed by atoms with Crippen LogP contribution in [0.5, 0.6) is 6.01 Å². The summed E-state index contributed by atoms with van der Waals surface area (Å²) < 4.78 is 4.68. The van der Waals surface area contributed by atoms with Gasteiger partial charge in [0.25, 0.3) is 0 Å². The van der Waals surface area contributed by atoms with Crippen molar-refractivity contribution >= 4 is 0 Å². The fraction of sp³-hybridized carbons (Fsp3) is 0.400. The lowest BCUT2D eigenvalue weighted by atomic mass is 10.6. The van der Waals surface area contributed by atoms with Crippen LogP contribution in [0.1, 0.15) is 5.82 Å². The minimum Gasteiger partial charge on any atom is -0.467 e. The van der Waals surface area contributed by atoms with E-state index in [2.05, 4.69) is 19.7 Å². The summed E-state index contributed by atoms with van der Waals surface area (Å²) in [4.78, 5) is 11.0. The van der Waals surface area contributed by atoms with Crippen molar-refractivity contribution in [3.05, 3.63) is 12.2 Å². The molecule has 0 radical (unpaired) electrons. The molecule has 0 fully saturated rings. The smallest absolute Gasteiger partial charge is 0.319 e. The van der Waals surface area contributed by atoms with Gasteiger partial charge in [0.15, 0.2) is 5.82 Å². The van der Waals surface area contributed by atoms with Crippen LogP contribution in [0.25, 0.3) is 0 Å². The van der Waals surface area contributed by atoms with E-state index < -0.39 is 0 Å². The number of nitrogens with zero attached hydrogens (tertiary/aromatic N) is 3. The molecule has 1 aromatic rings. The molecule has 1 N–H and O–H groups in total. The normalized spacial score (nSPS) is 9.40. The van der Waals surface area contributed by atoms with E-state index in [1.807, 2.05) is 0 Å². The Bertz CT molecular complexity index is 197. The molecule has 1 aromatic heterocycles. The maximum absolute atomic E-state index is 8.55. The monoisotopic (exact) mass is 141 g/mol. The molecule has 1 rings (SSSR count). The first-order valence-electron chi connectivity index (χ1n) is 2.69. The lowest BCUT2D eigenvalue weighted by molar-refractivity contribution is 0.266. The van der Waals surface area contributed by atoms with Gasteiger partial charge < -0.3 is 9.84 Å². The molecule has 0 aliphatic heterocycles. The molecule has 54 valence electrons. The average Bonchev–Trinajstić information content (AvgIpc) is 2.05. The molecule has 0 aliphatic rings. The molecule has 0 aliphatic carbocycles. The van der Waals surface area contributed by atoms with E-state index in [1.54, 1.807) is 0 Å². The van der Waals surface area contributed by atoms with Gasteiger partial charge in [0.2, 0.25) is 0 Å². The van der Waals surface area contributed by atoms with Crippen LogP contribution in [0, 0.1) is 0 Å². The average molecular weight is 141 g/mol. The second-order valence-corrected chi connectivity index (χ2v) is 1.55. The molecule has 5 heteroatoms. The molecule has 0 atom stereocenters. The van der Waals surface area contributed by atoms with Gasteiger partial charge in [-0.25, -0.2) is 4.98 Å². The fourth-order valence-corrected chi connectivity index (χ4v) is 0.488. The number of aliphatic hydroxyl groups excluding tert-OH is 1. The summed E-state index contributed by atoms with van der Waals surface area (Å²) in [6.45, 7) is -0.196. The van der Waals surface area contributed by atoms with Crippen LogP contribution in [0.4, 0.5) is 0 Å². The first kappa shape index (κ1) is 6.88. The zero-order chi connectivity index (χ0) is 7.40. The number of hydrogen-bond acceptors (Lipinski definition) is 5. The van der Waals surface area contributed by atoms with Crippen molar-refractivity contribution in [2.75, 3.05) is 7.11 Å². The summed E-state index contributed by atoms with van der Waals surface area (Å²) in [6, 6.07) is 0.221. The Balaban J connectivity index is 2.87. The Morgan fingerprint density at radius 3 is 3.00 bits per heavy atom. The molecule has 5 nitrogen and oxygen atoms in total. The molecular formula is C5H7N3O2. The minimum atomic E-state index is -0.196. The Morgan fingerprint density at radius 2 is 2.40 bits per heavy atom. The van der Waals surface area contributed by atoms with Crippen molar-refractivity contribution in [3.8, 4) is 6.01 Å². The third kappa shape index (κ3) is 1.38. The van der Waals surface area contributed by atoms with E-state index in [1.165, 1.54) is 13.4 Å². The Hall–Kier alpha value is -1.23. The van der Waals surface area contributed by atoms with Gasteiger partial charge in [-0.2, -0.15) is 9.97 Å². The quantitative estimate of drug-likeness (QED) is 0.594. The summed E-state index contributed by atoms with van der Waals surface area (Å²) in [6.07, 6.45) is 1.29. The molecule has 0 aromatic carbocycles. The van der Waals surface area contributed by atoms with Crippen LogP contribution in [0.15, 0.2) is 6.33 Å². The van der Waals surface area contributed by atoms with Gasteiger partial charge in [0, 0.05) is 0 Å². The van der Waals surface area contributed by atoms with Crippen molar-refractivity contribution in [2.45, 2.75) is 6.61 Å². The summed E-state index contributed by atoms with van der Waals surface area (Å²) in [7, 11) is 1.45. The van der Waals surface area contributed by atoms with Crippen molar-refractivity contribution in [2.24, 2.45) is 0 Å². The second kappa shape index (κ2) is 3.07. The number of ether oxygens (including phenoxy) is 1. The van der Waals surface area contributed by atoms with Crippen LogP contribution in [-0.2, 0) is 6.61 Å². The zero-order valence-corrected chi connectivity index (χ0v) is 5.48. The van der Waals surface area contributed by atoms with Crippen molar-refractivity contribution in [3.63, 3.8) is 0 Å². The van der Waals surface area contributed by atoms with E-state index in [0.717, 1.165) is 0 Å². The zero-order valence-electron chi connectivity index (χ0n) is 5.48. The third-order valence-electron chi connectivity index (χ3n) is 0.924. The summed E-state index contributed by atoms with van der Waals surface area (Å²) in [5, 5.41) is 8.55. The van der Waals surface area contributed by atoms with Gasteiger partial charge in [-0.05, 0) is 0 Å². The standard InChI is InChI=1S/C5H7N3O2/c1-10-5-7-3-6-4(2-9)8-5/h3,9H,2H2,1H3. The number of aliphatic hydroxyl groups is 1. The van der Waals surface area contributed by atoms with E-state index in [-0.39, 0.29) is 12.6 Å². The molecular weight excluding hydrogens is 134 g/mol. The van der Waals surface area contributed by atoms with E-state index in [0.29, 0.717) is 5.82 Å². The molecule has 0 saturated heterocycles. The molecule has 0 spiro atoms. The number of hydrogen-bond donors (Lipinski definition) is 1. The highest BCUT2D eigenvalue weighted by atomic mass is 16.5. The summed E-state index contributed by atoms with van der Waals surface area (Å²) in [5.41, 5.74) is 0. The van der Waals surface area contributed by atoms with Crippen LogP contribution in [-0.4, -0.2) is 27.2 Å². The first-order valence-corrected chi connectivity index (χ1v) is 2.69. The van der Waals surface area contributed by atoms with Crippen molar-refractivity contribution in [1.29, 1.82) is 0 Å². The fourth-order valence-electron chi connectivity index (χ4n) is 0.488. The molecule has 0 saturated carbocycles. The van der Waals surface area contributed by atoms with Crippen LogP contribution >= 0.6 is 0 Å². The van der Waals surface area contributed by atoms with Crippen LogP contribution in [0.3, 0.4) is 0 Å². The maximum Gasteiger partial charge on any atom is 0.319 e. The van der Waals surface area contributed by atoms with Gasteiger partial charge in [-0.15, -0.1) is 0 Å². The predicted octanol–water partition coefficient (Wildman–Crippen LogP) is -0.628. The highest BCUT2D eigenvalue weighted by Gasteiger charge is 1.96. The van der Waals surface area contributed by atoms with Crippen LogP contribution < -0.4 is 4.74 Å². The van der Waals surface area contributed by atoms with Gasteiger partial charge in [0.1, 0.15) is 12.9 Å². The highest BCUT2D eigenvalue weighted by molar-refractivity contribution is 4.93. The van der Waals surface area contributed by atoms with Crippen molar-refractivity contribution in [1.82, 2.24) is 15.0 Å². The highest BCUT2D eigenvalue weighted by Crippen LogP contribution is 1.97. The molecule has 0 amide bonds. The van der Waals surface area contributed by atoms with E-state index in [4.69, 9.17) is 5.11 Å². The SMILES string of the molecule is COc1ncnc(CO)n1. The Morgan fingerprint density at radius 1 is 1.60 bits per heavy atom. The lowest BCUT2D eigenvalue weighted by Crippen LogP contribution is -1.98. The molecule has 0 unspecified atom stereocenters. The number of methoxy groups -OCH3 is 1. The summed E-state index contributed by atoms with van der Waals surface area (Å²) >= 11 is 0. The van der Waals surface area contributed by atoms with Gasteiger partial charge in [0.05, 0.1) is 7.11 Å².